The van der Waals surface area contributed by atoms with Crippen molar-refractivity contribution in [3.8, 4) is 0 Å². The number of hydrogen-bond donors (Lipinski definition) is 2. The van der Waals surface area contributed by atoms with Crippen molar-refractivity contribution in [2.45, 2.75) is 0 Å². The number of nitro groups is 1. The van der Waals surface area contributed by atoms with Crippen LogP contribution in [0.1, 0.15) is 10.4 Å². The first-order chi connectivity index (χ1) is 8.58. The summed E-state index contributed by atoms with van der Waals surface area (Å²) in [5.41, 5.74) is -0.191. The van der Waals surface area contributed by atoms with Crippen LogP contribution in [0.5, 0.6) is 0 Å². The van der Waals surface area contributed by atoms with Gasteiger partial charge < -0.3 is 5.32 Å². The second kappa shape index (κ2) is 4.80. The van der Waals surface area contributed by atoms with E-state index in [2.05, 4.69) is 20.5 Å². The maximum absolute atomic E-state index is 11.8. The number of aromatic amines is 1. The molecule has 2 rings (SSSR count). The van der Waals surface area contributed by atoms with E-state index in [4.69, 9.17) is 11.6 Å². The van der Waals surface area contributed by atoms with Crippen LogP contribution in [0, 0.1) is 10.1 Å². The highest BCUT2D eigenvalue weighted by molar-refractivity contribution is 6.30. The molecule has 0 aliphatic heterocycles. The number of halogens is 1. The number of anilines is 1. The average Bonchev–Trinajstić information content (AvgIpc) is 2.81. The second-order valence-corrected chi connectivity index (χ2v) is 3.61. The van der Waals surface area contributed by atoms with Crippen molar-refractivity contribution in [1.29, 1.82) is 0 Å². The molecule has 0 spiro atoms. The molecule has 1 amide bonds. The number of aromatic nitrogens is 3. The molecule has 8 nitrogen and oxygen atoms in total. The highest BCUT2D eigenvalue weighted by Crippen LogP contribution is 2.21. The van der Waals surface area contributed by atoms with E-state index in [1.165, 1.54) is 12.4 Å². The summed E-state index contributed by atoms with van der Waals surface area (Å²) in [6.07, 6.45) is 3.74. The Balaban J connectivity index is 2.34. The van der Waals surface area contributed by atoms with Crippen LogP contribution in [0.25, 0.3) is 0 Å². The van der Waals surface area contributed by atoms with Crippen molar-refractivity contribution >= 4 is 28.9 Å². The zero-order chi connectivity index (χ0) is 13.1. The van der Waals surface area contributed by atoms with E-state index in [0.717, 1.165) is 12.3 Å². The molecular formula is C9H6ClN5O3. The molecular weight excluding hydrogens is 262 g/mol. The maximum atomic E-state index is 11.8. The van der Waals surface area contributed by atoms with Gasteiger partial charge in [0.1, 0.15) is 16.9 Å². The lowest BCUT2D eigenvalue weighted by Crippen LogP contribution is -2.14. The molecule has 0 radical (unpaired) electrons. The quantitative estimate of drug-likeness (QED) is 0.498. The largest absolute Gasteiger partial charge is 0.319 e. The van der Waals surface area contributed by atoms with Gasteiger partial charge in [0.15, 0.2) is 0 Å². The fourth-order valence-corrected chi connectivity index (χ4v) is 1.43. The number of pyridine rings is 1. The molecule has 18 heavy (non-hydrogen) atoms. The normalized spacial score (nSPS) is 10.1. The molecule has 2 aromatic rings. The Labute approximate surface area is 105 Å². The van der Waals surface area contributed by atoms with Crippen molar-refractivity contribution in [2.24, 2.45) is 0 Å². The number of amides is 1. The van der Waals surface area contributed by atoms with Gasteiger partial charge in [-0.3, -0.25) is 20.0 Å². The summed E-state index contributed by atoms with van der Waals surface area (Å²) in [5.74, 6) is -0.660. The van der Waals surface area contributed by atoms with Crippen molar-refractivity contribution in [3.63, 3.8) is 0 Å². The van der Waals surface area contributed by atoms with Crippen molar-refractivity contribution in [1.82, 2.24) is 15.2 Å². The molecule has 0 atom stereocenters. The SMILES string of the molecule is O=C(Nc1cn[nH]c1)c1cc(Cl)ncc1[N+](=O)[O-]. The van der Waals surface area contributed by atoms with Crippen LogP contribution in [0.15, 0.2) is 24.7 Å². The predicted molar refractivity (Wildman–Crippen MR) is 62.4 cm³/mol. The Hall–Kier alpha value is -2.48. The fraction of sp³-hybridized carbons (Fsp3) is 0. The summed E-state index contributed by atoms with van der Waals surface area (Å²) in [6, 6.07) is 1.13. The monoisotopic (exact) mass is 267 g/mol. The molecule has 0 saturated carbocycles. The first-order valence-corrected chi connectivity index (χ1v) is 5.06. The number of H-pyrrole nitrogens is 1. The van der Waals surface area contributed by atoms with Gasteiger partial charge in [-0.25, -0.2) is 4.98 Å². The maximum Gasteiger partial charge on any atom is 0.300 e. The van der Waals surface area contributed by atoms with Gasteiger partial charge in [-0.15, -0.1) is 0 Å². The van der Waals surface area contributed by atoms with Gasteiger partial charge >= 0.3 is 0 Å². The number of nitrogens with zero attached hydrogens (tertiary/aromatic N) is 3. The summed E-state index contributed by atoms with van der Waals surface area (Å²) >= 11 is 5.62. The lowest BCUT2D eigenvalue weighted by molar-refractivity contribution is -0.385. The number of rotatable bonds is 3. The topological polar surface area (TPSA) is 114 Å². The minimum absolute atomic E-state index is 0.00190. The summed E-state index contributed by atoms with van der Waals surface area (Å²) in [4.78, 5) is 25.5. The highest BCUT2D eigenvalue weighted by Gasteiger charge is 2.21. The van der Waals surface area contributed by atoms with Gasteiger partial charge in [-0.2, -0.15) is 5.10 Å². The minimum atomic E-state index is -0.701. The molecule has 92 valence electrons. The van der Waals surface area contributed by atoms with Gasteiger partial charge in [0, 0.05) is 6.20 Å². The van der Waals surface area contributed by atoms with Gasteiger partial charge in [0.2, 0.25) is 0 Å². The lowest BCUT2D eigenvalue weighted by atomic mass is 10.2. The Morgan fingerprint density at radius 1 is 1.50 bits per heavy atom. The number of hydrogen-bond acceptors (Lipinski definition) is 5. The number of nitrogens with one attached hydrogen (secondary N) is 2. The fourth-order valence-electron chi connectivity index (χ4n) is 1.27. The van der Waals surface area contributed by atoms with Gasteiger partial charge in [0.05, 0.1) is 16.8 Å². The van der Waals surface area contributed by atoms with Gasteiger partial charge in [0.25, 0.3) is 11.6 Å². The van der Waals surface area contributed by atoms with E-state index in [-0.39, 0.29) is 10.7 Å². The molecule has 2 aromatic heterocycles. The second-order valence-electron chi connectivity index (χ2n) is 3.22. The third-order valence-electron chi connectivity index (χ3n) is 2.05. The molecule has 2 N–H and O–H groups in total. The molecule has 0 bridgehead atoms. The first kappa shape index (κ1) is 12.0. The van der Waals surface area contributed by atoms with Gasteiger partial charge in [-0.05, 0) is 6.07 Å². The van der Waals surface area contributed by atoms with Crippen LogP contribution >= 0.6 is 11.6 Å². The van der Waals surface area contributed by atoms with E-state index >= 15 is 0 Å². The van der Waals surface area contributed by atoms with Crippen LogP contribution in [0.3, 0.4) is 0 Å². The van der Waals surface area contributed by atoms with Crippen molar-refractivity contribution < 1.29 is 9.72 Å². The zero-order valence-electron chi connectivity index (χ0n) is 8.75. The van der Waals surface area contributed by atoms with E-state index in [0.29, 0.717) is 5.69 Å². The van der Waals surface area contributed by atoms with Crippen LogP contribution in [0.2, 0.25) is 5.15 Å². The summed E-state index contributed by atoms with van der Waals surface area (Å²) in [6.45, 7) is 0. The minimum Gasteiger partial charge on any atom is -0.319 e. The average molecular weight is 268 g/mol. The van der Waals surface area contributed by atoms with Crippen molar-refractivity contribution in [3.05, 3.63) is 45.5 Å². The molecule has 0 fully saturated rings. The zero-order valence-corrected chi connectivity index (χ0v) is 9.51. The first-order valence-electron chi connectivity index (χ1n) is 4.68. The third kappa shape index (κ3) is 2.43. The van der Waals surface area contributed by atoms with Gasteiger partial charge in [-0.1, -0.05) is 11.6 Å². The molecule has 9 heteroatoms. The molecule has 0 aliphatic carbocycles. The summed E-state index contributed by atoms with van der Waals surface area (Å²) in [7, 11) is 0. The Bertz CT molecular complexity index is 598. The summed E-state index contributed by atoms with van der Waals surface area (Å²) in [5, 5.41) is 19.3. The highest BCUT2D eigenvalue weighted by atomic mass is 35.5. The predicted octanol–water partition coefficient (Wildman–Crippen LogP) is 1.62. The van der Waals surface area contributed by atoms with Crippen molar-refractivity contribution in [2.75, 3.05) is 5.32 Å². The van der Waals surface area contributed by atoms with Crippen LogP contribution in [-0.2, 0) is 0 Å². The van der Waals surface area contributed by atoms with Crippen LogP contribution in [-0.4, -0.2) is 26.0 Å². The van der Waals surface area contributed by atoms with E-state index in [1.54, 1.807) is 0 Å². The molecule has 0 aromatic carbocycles. The molecule has 0 unspecified atom stereocenters. The van der Waals surface area contributed by atoms with E-state index in [1.807, 2.05) is 0 Å². The number of carbonyl (C=O) groups is 1. The Morgan fingerprint density at radius 3 is 2.89 bits per heavy atom. The van der Waals surface area contributed by atoms with E-state index < -0.39 is 16.5 Å². The standard InChI is InChI=1S/C9H6ClN5O3/c10-8-1-6(7(4-11-8)15(17)18)9(16)14-5-2-12-13-3-5/h1-4H,(H,12,13)(H,14,16). The van der Waals surface area contributed by atoms with Crippen LogP contribution in [0.4, 0.5) is 11.4 Å². The molecule has 0 aliphatic rings. The van der Waals surface area contributed by atoms with E-state index in [9.17, 15) is 14.9 Å². The molecule has 2 heterocycles. The third-order valence-corrected chi connectivity index (χ3v) is 2.25. The lowest BCUT2D eigenvalue weighted by Gasteiger charge is -2.03. The Morgan fingerprint density at radius 2 is 2.28 bits per heavy atom. The Kier molecular flexibility index (Phi) is 3.20. The smallest absolute Gasteiger partial charge is 0.300 e. The molecule has 0 saturated heterocycles. The number of carbonyl (C=O) groups excluding carboxylic acids is 1. The summed E-state index contributed by atoms with van der Waals surface area (Å²) < 4.78 is 0. The van der Waals surface area contributed by atoms with Crippen LogP contribution < -0.4 is 5.32 Å².